The quantitative estimate of drug-likeness (QED) is 0.502. The van der Waals surface area contributed by atoms with E-state index in [4.69, 9.17) is 6.42 Å². The number of terminal acetylenes is 1. The summed E-state index contributed by atoms with van der Waals surface area (Å²) in [6.45, 7) is 5.49. The lowest BCUT2D eigenvalue weighted by atomic mass is 10.2. The molecule has 0 saturated heterocycles. The van der Waals surface area contributed by atoms with Gasteiger partial charge in [0.15, 0.2) is 0 Å². The number of hydrogen-bond donors (Lipinski definition) is 1. The van der Waals surface area contributed by atoms with Gasteiger partial charge in [-0.3, -0.25) is 14.9 Å². The van der Waals surface area contributed by atoms with E-state index in [2.05, 4.69) is 11.2 Å². The first-order valence-electron chi connectivity index (χ1n) is 5.97. The number of carbonyl (C=O) groups is 1. The van der Waals surface area contributed by atoms with Crippen LogP contribution in [-0.4, -0.2) is 21.4 Å². The van der Waals surface area contributed by atoms with Gasteiger partial charge in [-0.05, 0) is 20.8 Å². The van der Waals surface area contributed by atoms with E-state index in [0.717, 1.165) is 0 Å². The van der Waals surface area contributed by atoms with Gasteiger partial charge in [0.1, 0.15) is 5.69 Å². The van der Waals surface area contributed by atoms with Crippen LogP contribution in [-0.2, 0) is 0 Å². The number of hydrogen-bond acceptors (Lipinski definition) is 3. The molecule has 1 aromatic rings. The van der Waals surface area contributed by atoms with Crippen molar-refractivity contribution < 1.29 is 9.72 Å². The van der Waals surface area contributed by atoms with Crippen LogP contribution in [0.15, 0.2) is 12.3 Å². The fourth-order valence-corrected chi connectivity index (χ4v) is 1.70. The van der Waals surface area contributed by atoms with Crippen molar-refractivity contribution in [1.29, 1.82) is 0 Å². The zero-order valence-corrected chi connectivity index (χ0v) is 11.2. The number of amides is 1. The molecule has 1 aromatic heterocycles. The molecule has 1 amide bonds. The first-order chi connectivity index (χ1) is 8.86. The van der Waals surface area contributed by atoms with Crippen LogP contribution in [0.25, 0.3) is 0 Å². The summed E-state index contributed by atoms with van der Waals surface area (Å²) in [7, 11) is 0. The molecule has 102 valence electrons. The molecule has 0 spiro atoms. The van der Waals surface area contributed by atoms with Crippen LogP contribution in [0.5, 0.6) is 0 Å². The van der Waals surface area contributed by atoms with E-state index < -0.39 is 4.92 Å². The van der Waals surface area contributed by atoms with E-state index in [1.807, 2.05) is 13.8 Å². The Kier molecular flexibility index (Phi) is 4.70. The minimum absolute atomic E-state index is 0.0441. The molecule has 0 saturated carbocycles. The van der Waals surface area contributed by atoms with Gasteiger partial charge in [-0.15, -0.1) is 12.3 Å². The highest BCUT2D eigenvalue weighted by molar-refractivity contribution is 5.93. The van der Waals surface area contributed by atoms with Crippen molar-refractivity contribution in [2.24, 2.45) is 0 Å². The molecule has 0 bridgehead atoms. The minimum Gasteiger partial charge on any atom is -0.347 e. The Morgan fingerprint density at radius 3 is 2.68 bits per heavy atom. The average Bonchev–Trinajstić information content (AvgIpc) is 2.73. The SMILES string of the molecule is C#CCC(C)NC(=O)c1cc([N+](=O)[O-])cn1C(C)C. The van der Waals surface area contributed by atoms with Gasteiger partial charge in [0, 0.05) is 24.6 Å². The average molecular weight is 263 g/mol. The van der Waals surface area contributed by atoms with Gasteiger partial charge < -0.3 is 9.88 Å². The van der Waals surface area contributed by atoms with Crippen molar-refractivity contribution in [3.8, 4) is 12.3 Å². The van der Waals surface area contributed by atoms with Crippen LogP contribution in [0.1, 0.15) is 43.7 Å². The van der Waals surface area contributed by atoms with Crippen molar-refractivity contribution in [2.75, 3.05) is 0 Å². The predicted octanol–water partition coefficient (Wildman–Crippen LogP) is 2.12. The second kappa shape index (κ2) is 6.05. The van der Waals surface area contributed by atoms with E-state index in [1.54, 1.807) is 11.5 Å². The van der Waals surface area contributed by atoms with Gasteiger partial charge in [0.25, 0.3) is 11.6 Å². The van der Waals surface area contributed by atoms with Gasteiger partial charge >= 0.3 is 0 Å². The lowest BCUT2D eigenvalue weighted by molar-refractivity contribution is -0.384. The van der Waals surface area contributed by atoms with Crippen LogP contribution in [0.4, 0.5) is 5.69 Å². The maximum absolute atomic E-state index is 12.1. The van der Waals surface area contributed by atoms with E-state index >= 15 is 0 Å². The molecule has 0 radical (unpaired) electrons. The zero-order valence-electron chi connectivity index (χ0n) is 11.2. The maximum atomic E-state index is 12.1. The topological polar surface area (TPSA) is 77.2 Å². The fourth-order valence-electron chi connectivity index (χ4n) is 1.70. The summed E-state index contributed by atoms with van der Waals surface area (Å²) in [6.07, 6.45) is 6.95. The summed E-state index contributed by atoms with van der Waals surface area (Å²) in [5.41, 5.74) is 0.175. The largest absolute Gasteiger partial charge is 0.347 e. The lowest BCUT2D eigenvalue weighted by Crippen LogP contribution is -2.33. The fraction of sp³-hybridized carbons (Fsp3) is 0.462. The number of nitrogens with one attached hydrogen (secondary N) is 1. The summed E-state index contributed by atoms with van der Waals surface area (Å²) in [5.74, 6) is 2.10. The third kappa shape index (κ3) is 3.58. The van der Waals surface area contributed by atoms with Crippen LogP contribution < -0.4 is 5.32 Å². The summed E-state index contributed by atoms with van der Waals surface area (Å²) in [5, 5.41) is 13.5. The number of rotatable bonds is 5. The van der Waals surface area contributed by atoms with Crippen LogP contribution in [0.2, 0.25) is 0 Å². The summed E-state index contributed by atoms with van der Waals surface area (Å²) < 4.78 is 1.58. The molecule has 0 aliphatic carbocycles. The molecule has 6 heteroatoms. The Morgan fingerprint density at radius 1 is 1.58 bits per heavy atom. The number of carbonyl (C=O) groups excluding carboxylic acids is 1. The van der Waals surface area contributed by atoms with Gasteiger partial charge in [-0.2, -0.15) is 0 Å². The van der Waals surface area contributed by atoms with Gasteiger partial charge in [-0.25, -0.2) is 0 Å². The maximum Gasteiger partial charge on any atom is 0.287 e. The van der Waals surface area contributed by atoms with Crippen LogP contribution >= 0.6 is 0 Å². The Morgan fingerprint density at radius 2 is 2.21 bits per heavy atom. The Labute approximate surface area is 111 Å². The number of nitro groups is 1. The third-order valence-electron chi connectivity index (χ3n) is 2.64. The molecule has 0 aliphatic heterocycles. The summed E-state index contributed by atoms with van der Waals surface area (Å²) in [4.78, 5) is 22.3. The van der Waals surface area contributed by atoms with Gasteiger partial charge in [0.2, 0.25) is 0 Å². The van der Waals surface area contributed by atoms with Gasteiger partial charge in [0.05, 0.1) is 11.1 Å². The lowest BCUT2D eigenvalue weighted by Gasteiger charge is -2.14. The molecule has 0 aliphatic rings. The van der Waals surface area contributed by atoms with Crippen molar-refractivity contribution in [2.45, 2.75) is 39.3 Å². The molecule has 1 rings (SSSR count). The molecule has 0 fully saturated rings. The second-order valence-corrected chi connectivity index (χ2v) is 4.62. The first kappa shape index (κ1) is 14.8. The molecular formula is C13H17N3O3. The highest BCUT2D eigenvalue weighted by Gasteiger charge is 2.21. The minimum atomic E-state index is -0.513. The summed E-state index contributed by atoms with van der Waals surface area (Å²) >= 11 is 0. The van der Waals surface area contributed by atoms with E-state index in [-0.39, 0.29) is 29.4 Å². The highest BCUT2D eigenvalue weighted by Crippen LogP contribution is 2.20. The highest BCUT2D eigenvalue weighted by atomic mass is 16.6. The summed E-state index contributed by atoms with van der Waals surface area (Å²) in [6, 6.07) is 1.06. The molecule has 19 heavy (non-hydrogen) atoms. The molecule has 1 N–H and O–H groups in total. The molecule has 1 unspecified atom stereocenters. The predicted molar refractivity (Wildman–Crippen MR) is 71.8 cm³/mol. The molecule has 1 atom stereocenters. The van der Waals surface area contributed by atoms with E-state index in [9.17, 15) is 14.9 Å². The van der Waals surface area contributed by atoms with Crippen LogP contribution in [0.3, 0.4) is 0 Å². The Hall–Kier alpha value is -2.29. The monoisotopic (exact) mass is 263 g/mol. The number of aromatic nitrogens is 1. The van der Waals surface area contributed by atoms with E-state index in [1.165, 1.54) is 12.3 Å². The molecule has 1 heterocycles. The Balaban J connectivity index is 3.01. The number of nitrogens with zero attached hydrogens (tertiary/aromatic N) is 2. The van der Waals surface area contributed by atoms with Crippen LogP contribution in [0, 0.1) is 22.5 Å². The second-order valence-electron chi connectivity index (χ2n) is 4.62. The normalized spacial score (nSPS) is 11.9. The van der Waals surface area contributed by atoms with Crippen molar-refractivity contribution in [1.82, 2.24) is 9.88 Å². The Bertz CT molecular complexity index is 526. The van der Waals surface area contributed by atoms with Gasteiger partial charge in [-0.1, -0.05) is 0 Å². The smallest absolute Gasteiger partial charge is 0.287 e. The van der Waals surface area contributed by atoms with E-state index in [0.29, 0.717) is 6.42 Å². The van der Waals surface area contributed by atoms with Crippen molar-refractivity contribution in [3.05, 3.63) is 28.1 Å². The molecule has 6 nitrogen and oxygen atoms in total. The zero-order chi connectivity index (χ0) is 14.6. The van der Waals surface area contributed by atoms with Crippen molar-refractivity contribution >= 4 is 11.6 Å². The third-order valence-corrected chi connectivity index (χ3v) is 2.64. The first-order valence-corrected chi connectivity index (χ1v) is 5.97. The standard InChI is InChI=1S/C13H17N3O3/c1-5-6-10(4)14-13(17)12-7-11(16(18)19)8-15(12)9(2)3/h1,7-10H,6H2,2-4H3,(H,14,17). The molecule has 0 aromatic carbocycles. The van der Waals surface area contributed by atoms with Crippen molar-refractivity contribution in [3.63, 3.8) is 0 Å². The molecular weight excluding hydrogens is 246 g/mol.